The number of benzene rings is 1. The average molecular weight is 299 g/mol. The van der Waals surface area contributed by atoms with E-state index in [4.69, 9.17) is 27.9 Å². The van der Waals surface area contributed by atoms with Gasteiger partial charge in [-0.2, -0.15) is 0 Å². The van der Waals surface area contributed by atoms with E-state index in [-0.39, 0.29) is 29.2 Å². The lowest BCUT2D eigenvalue weighted by atomic mass is 10.0. The second-order valence-electron chi connectivity index (χ2n) is 3.45. The Bertz CT molecular complexity index is 439. The first-order chi connectivity index (χ1) is 7.58. The highest BCUT2D eigenvalue weighted by atomic mass is 35.5. The first-order valence-corrected chi connectivity index (χ1v) is 5.44. The topological polar surface area (TPSA) is 58.6 Å². The zero-order valence-corrected chi connectivity index (χ0v) is 10.9. The van der Waals surface area contributed by atoms with E-state index < -0.39 is 6.09 Å². The van der Waals surface area contributed by atoms with Gasteiger partial charge in [-0.05, 0) is 12.1 Å². The second-order valence-corrected chi connectivity index (χ2v) is 4.29. The van der Waals surface area contributed by atoms with Crippen molar-refractivity contribution < 1.29 is 14.6 Å². The Morgan fingerprint density at radius 1 is 1.41 bits per heavy atom. The SMILES string of the molecule is Cl.O=C1N[C@@H](c2cc(Cl)cc(Cl)c2O)CCO1. The van der Waals surface area contributed by atoms with Gasteiger partial charge in [-0.15, -0.1) is 12.4 Å². The Labute approximate surface area is 114 Å². The van der Waals surface area contributed by atoms with E-state index in [0.717, 1.165) is 0 Å². The lowest BCUT2D eigenvalue weighted by molar-refractivity contribution is 0.115. The molecule has 0 spiro atoms. The molecule has 17 heavy (non-hydrogen) atoms. The molecule has 1 aliphatic heterocycles. The minimum Gasteiger partial charge on any atom is -0.506 e. The number of ether oxygens (including phenoxy) is 1. The molecular weight excluding hydrogens is 288 g/mol. The van der Waals surface area contributed by atoms with Gasteiger partial charge in [0, 0.05) is 17.0 Å². The number of rotatable bonds is 1. The Hall–Kier alpha value is -0.840. The minimum absolute atomic E-state index is 0. The van der Waals surface area contributed by atoms with Gasteiger partial charge in [0.25, 0.3) is 0 Å². The van der Waals surface area contributed by atoms with Gasteiger partial charge in [0.1, 0.15) is 5.75 Å². The van der Waals surface area contributed by atoms with Crippen molar-refractivity contribution in [1.82, 2.24) is 5.32 Å². The fraction of sp³-hybridized carbons (Fsp3) is 0.300. The minimum atomic E-state index is -0.508. The number of carbonyl (C=O) groups excluding carboxylic acids is 1. The lowest BCUT2D eigenvalue weighted by Crippen LogP contribution is -2.35. The molecule has 2 rings (SSSR count). The fourth-order valence-electron chi connectivity index (χ4n) is 1.61. The van der Waals surface area contributed by atoms with Crippen molar-refractivity contribution in [2.75, 3.05) is 6.61 Å². The van der Waals surface area contributed by atoms with E-state index in [9.17, 15) is 9.90 Å². The molecule has 0 bridgehead atoms. The van der Waals surface area contributed by atoms with E-state index in [1.807, 2.05) is 0 Å². The Kier molecular flexibility index (Phi) is 4.74. The van der Waals surface area contributed by atoms with Crippen molar-refractivity contribution in [3.63, 3.8) is 0 Å². The number of phenols is 1. The van der Waals surface area contributed by atoms with Crippen LogP contribution in [0.15, 0.2) is 12.1 Å². The Morgan fingerprint density at radius 3 is 2.76 bits per heavy atom. The molecule has 0 aliphatic carbocycles. The number of cyclic esters (lactones) is 1. The number of alkyl carbamates (subject to hydrolysis) is 1. The van der Waals surface area contributed by atoms with Crippen LogP contribution >= 0.6 is 35.6 Å². The smallest absolute Gasteiger partial charge is 0.407 e. The molecule has 1 aromatic carbocycles. The summed E-state index contributed by atoms with van der Waals surface area (Å²) in [5.41, 5.74) is 0.508. The first-order valence-electron chi connectivity index (χ1n) is 4.69. The van der Waals surface area contributed by atoms with Gasteiger partial charge in [-0.25, -0.2) is 4.79 Å². The molecule has 0 saturated carbocycles. The molecule has 1 aromatic rings. The van der Waals surface area contributed by atoms with Crippen LogP contribution in [0, 0.1) is 0 Å². The van der Waals surface area contributed by atoms with Crippen LogP contribution in [-0.2, 0) is 4.74 Å². The van der Waals surface area contributed by atoms with Crippen LogP contribution in [0.2, 0.25) is 10.0 Å². The molecule has 7 heteroatoms. The highest BCUT2D eigenvalue weighted by molar-refractivity contribution is 6.35. The molecule has 1 aliphatic rings. The molecule has 2 N–H and O–H groups in total. The second kappa shape index (κ2) is 5.67. The van der Waals surface area contributed by atoms with Gasteiger partial charge in [0.05, 0.1) is 17.7 Å². The van der Waals surface area contributed by atoms with Gasteiger partial charge >= 0.3 is 6.09 Å². The molecule has 0 aromatic heterocycles. The third-order valence-corrected chi connectivity index (χ3v) is 2.87. The third-order valence-electron chi connectivity index (χ3n) is 2.36. The van der Waals surface area contributed by atoms with Gasteiger partial charge in [-0.3, -0.25) is 0 Å². The number of aromatic hydroxyl groups is 1. The molecule has 0 unspecified atom stereocenters. The first kappa shape index (κ1) is 14.2. The van der Waals surface area contributed by atoms with Crippen molar-refractivity contribution in [3.05, 3.63) is 27.7 Å². The van der Waals surface area contributed by atoms with Crippen molar-refractivity contribution >= 4 is 41.7 Å². The molecule has 1 fully saturated rings. The third kappa shape index (κ3) is 3.09. The summed E-state index contributed by atoms with van der Waals surface area (Å²) in [4.78, 5) is 11.0. The van der Waals surface area contributed by atoms with Crippen LogP contribution in [-0.4, -0.2) is 17.8 Å². The zero-order chi connectivity index (χ0) is 11.7. The fourth-order valence-corrected chi connectivity index (χ4v) is 2.12. The van der Waals surface area contributed by atoms with Crippen LogP contribution in [0.3, 0.4) is 0 Å². The van der Waals surface area contributed by atoms with Crippen molar-refractivity contribution in [1.29, 1.82) is 0 Å². The normalized spacial score (nSPS) is 18.9. The number of hydrogen-bond acceptors (Lipinski definition) is 3. The molecule has 1 atom stereocenters. The highest BCUT2D eigenvalue weighted by Crippen LogP contribution is 2.36. The molecule has 0 radical (unpaired) electrons. The van der Waals surface area contributed by atoms with E-state index >= 15 is 0 Å². The van der Waals surface area contributed by atoms with Crippen LogP contribution < -0.4 is 5.32 Å². The summed E-state index contributed by atoms with van der Waals surface area (Å²) in [6.07, 6.45) is 0.0578. The number of nitrogens with one attached hydrogen (secondary N) is 1. The largest absolute Gasteiger partial charge is 0.506 e. The van der Waals surface area contributed by atoms with Crippen LogP contribution in [0.5, 0.6) is 5.75 Å². The molecule has 1 heterocycles. The Morgan fingerprint density at radius 2 is 2.12 bits per heavy atom. The Balaban J connectivity index is 0.00000144. The lowest BCUT2D eigenvalue weighted by Gasteiger charge is -2.24. The van der Waals surface area contributed by atoms with E-state index in [1.165, 1.54) is 6.07 Å². The molecular formula is C10H10Cl3NO3. The van der Waals surface area contributed by atoms with E-state index in [2.05, 4.69) is 5.32 Å². The van der Waals surface area contributed by atoms with Crippen molar-refractivity contribution in [2.45, 2.75) is 12.5 Å². The summed E-state index contributed by atoms with van der Waals surface area (Å²) in [5, 5.41) is 13.0. The van der Waals surface area contributed by atoms with Gasteiger partial charge in [0.15, 0.2) is 0 Å². The number of phenolic OH excluding ortho intramolecular Hbond substituents is 1. The van der Waals surface area contributed by atoms with Crippen LogP contribution in [0.25, 0.3) is 0 Å². The molecule has 94 valence electrons. The molecule has 1 amide bonds. The van der Waals surface area contributed by atoms with Gasteiger partial charge < -0.3 is 15.2 Å². The predicted molar refractivity (Wildman–Crippen MR) is 67.2 cm³/mol. The molecule has 4 nitrogen and oxygen atoms in total. The number of amides is 1. The number of halogens is 3. The zero-order valence-electron chi connectivity index (χ0n) is 8.57. The average Bonchev–Trinajstić information content (AvgIpc) is 2.23. The van der Waals surface area contributed by atoms with E-state index in [0.29, 0.717) is 23.6 Å². The summed E-state index contributed by atoms with van der Waals surface area (Å²) in [7, 11) is 0. The van der Waals surface area contributed by atoms with Crippen LogP contribution in [0.1, 0.15) is 18.0 Å². The quantitative estimate of drug-likeness (QED) is 0.836. The summed E-state index contributed by atoms with van der Waals surface area (Å²) in [6, 6.07) is 2.71. The standard InChI is InChI=1S/C10H9Cl2NO3.ClH/c11-5-3-6(9(14)7(12)4-5)8-1-2-16-10(15)13-8;/h3-4,8,14H,1-2H2,(H,13,15);1H/t8-;/m1./s1. The summed E-state index contributed by atoms with van der Waals surface area (Å²) < 4.78 is 4.73. The maximum absolute atomic E-state index is 11.0. The maximum Gasteiger partial charge on any atom is 0.407 e. The van der Waals surface area contributed by atoms with Gasteiger partial charge in [0.2, 0.25) is 0 Å². The highest BCUT2D eigenvalue weighted by Gasteiger charge is 2.24. The van der Waals surface area contributed by atoms with Crippen molar-refractivity contribution in [2.24, 2.45) is 0 Å². The summed E-state index contributed by atoms with van der Waals surface area (Å²) in [6.45, 7) is 0.306. The van der Waals surface area contributed by atoms with Crippen molar-refractivity contribution in [3.8, 4) is 5.75 Å². The van der Waals surface area contributed by atoms with Crippen LogP contribution in [0.4, 0.5) is 4.79 Å². The maximum atomic E-state index is 11.0. The summed E-state index contributed by atoms with van der Waals surface area (Å²) >= 11 is 11.6. The number of carbonyl (C=O) groups is 1. The molecule has 1 saturated heterocycles. The number of hydrogen-bond donors (Lipinski definition) is 2. The predicted octanol–water partition coefficient (Wildman–Crippen LogP) is 3.29. The summed E-state index contributed by atoms with van der Waals surface area (Å²) in [5.74, 6) is -0.0572. The van der Waals surface area contributed by atoms with Gasteiger partial charge in [-0.1, -0.05) is 23.2 Å². The van der Waals surface area contributed by atoms with E-state index in [1.54, 1.807) is 6.07 Å². The monoisotopic (exact) mass is 297 g/mol.